The van der Waals surface area contributed by atoms with Crippen molar-refractivity contribution in [3.8, 4) is 5.75 Å². The molecule has 1 rings (SSSR count). The molecule has 0 heterocycles. The summed E-state index contributed by atoms with van der Waals surface area (Å²) in [5.41, 5.74) is 3.83. The van der Waals surface area contributed by atoms with Crippen LogP contribution in [0.1, 0.15) is 37.5 Å². The Balaban J connectivity index is 2.56. The van der Waals surface area contributed by atoms with Crippen LogP contribution in [0.3, 0.4) is 0 Å². The van der Waals surface area contributed by atoms with Crippen molar-refractivity contribution >= 4 is 11.8 Å². The normalized spacial score (nSPS) is 11.1. The number of rotatable bonds is 9. The van der Waals surface area contributed by atoms with Crippen molar-refractivity contribution in [3.63, 3.8) is 0 Å². The molecule has 0 aliphatic rings. The van der Waals surface area contributed by atoms with E-state index in [-0.39, 0.29) is 0 Å². The Hall–Kier alpha value is -0.670. The third-order valence-electron chi connectivity index (χ3n) is 3.08. The maximum absolute atomic E-state index is 5.93. The Morgan fingerprint density at radius 3 is 2.40 bits per heavy atom. The lowest BCUT2D eigenvalue weighted by Crippen LogP contribution is -2.19. The predicted octanol–water partition coefficient (Wildman–Crippen LogP) is 4.18. The van der Waals surface area contributed by atoms with Gasteiger partial charge >= 0.3 is 0 Å². The van der Waals surface area contributed by atoms with Crippen molar-refractivity contribution < 1.29 is 4.74 Å². The summed E-state index contributed by atoms with van der Waals surface area (Å²) in [6.45, 7) is 13.7. The second-order valence-corrected chi connectivity index (χ2v) is 7.02. The summed E-state index contributed by atoms with van der Waals surface area (Å²) in [6, 6.07) is 4.48. The molecular formula is C17H29NOS. The summed E-state index contributed by atoms with van der Waals surface area (Å²) in [7, 11) is 0. The smallest absolute Gasteiger partial charge is 0.125 e. The number of hydrogen-bond donors (Lipinski definition) is 1. The number of ether oxygens (including phenoxy) is 1. The maximum Gasteiger partial charge on any atom is 0.125 e. The van der Waals surface area contributed by atoms with Gasteiger partial charge in [0.25, 0.3) is 0 Å². The van der Waals surface area contributed by atoms with Gasteiger partial charge in [0.1, 0.15) is 5.75 Å². The first-order valence-corrected chi connectivity index (χ1v) is 8.71. The lowest BCUT2D eigenvalue weighted by molar-refractivity contribution is 0.339. The van der Waals surface area contributed by atoms with Gasteiger partial charge in [-0.15, -0.1) is 0 Å². The molecule has 1 N–H and O–H groups in total. The second kappa shape index (κ2) is 9.30. The average molecular weight is 295 g/mol. The highest BCUT2D eigenvalue weighted by atomic mass is 32.2. The fourth-order valence-electron chi connectivity index (χ4n) is 2.22. The number of hydrogen-bond acceptors (Lipinski definition) is 3. The van der Waals surface area contributed by atoms with E-state index in [0.717, 1.165) is 37.0 Å². The summed E-state index contributed by atoms with van der Waals surface area (Å²) >= 11 is 1.92. The van der Waals surface area contributed by atoms with Gasteiger partial charge in [0.05, 0.1) is 6.61 Å². The van der Waals surface area contributed by atoms with E-state index in [1.807, 2.05) is 11.8 Å². The van der Waals surface area contributed by atoms with Crippen molar-refractivity contribution in [2.24, 2.45) is 5.92 Å². The molecule has 20 heavy (non-hydrogen) atoms. The van der Waals surface area contributed by atoms with Gasteiger partial charge in [-0.3, -0.25) is 0 Å². The minimum Gasteiger partial charge on any atom is -0.492 e. The molecule has 0 bridgehead atoms. The first kappa shape index (κ1) is 17.4. The topological polar surface area (TPSA) is 21.3 Å². The fraction of sp³-hybridized carbons (Fsp3) is 0.647. The largest absolute Gasteiger partial charge is 0.492 e. The summed E-state index contributed by atoms with van der Waals surface area (Å²) in [5.74, 6) is 3.97. The van der Waals surface area contributed by atoms with E-state index >= 15 is 0 Å². The second-order valence-electron chi connectivity index (χ2n) is 5.63. The van der Waals surface area contributed by atoms with Crippen LogP contribution in [-0.4, -0.2) is 24.7 Å². The average Bonchev–Trinajstić information content (AvgIpc) is 2.36. The zero-order valence-electron chi connectivity index (χ0n) is 13.6. The SMILES string of the molecule is CCSCCOc1c(C)cc(CNCC(C)C)cc1C. The van der Waals surface area contributed by atoms with Crippen LogP contribution in [0.4, 0.5) is 0 Å². The molecule has 0 aliphatic heterocycles. The summed E-state index contributed by atoms with van der Waals surface area (Å²) in [5, 5.41) is 3.49. The van der Waals surface area contributed by atoms with Crippen LogP contribution in [0.15, 0.2) is 12.1 Å². The number of aryl methyl sites for hydroxylation is 2. The van der Waals surface area contributed by atoms with E-state index in [9.17, 15) is 0 Å². The van der Waals surface area contributed by atoms with Crippen LogP contribution in [0.2, 0.25) is 0 Å². The summed E-state index contributed by atoms with van der Waals surface area (Å²) in [6.07, 6.45) is 0. The first-order valence-electron chi connectivity index (χ1n) is 7.56. The predicted molar refractivity (Wildman–Crippen MR) is 91.0 cm³/mol. The van der Waals surface area contributed by atoms with Crippen molar-refractivity contribution in [3.05, 3.63) is 28.8 Å². The monoisotopic (exact) mass is 295 g/mol. The van der Waals surface area contributed by atoms with Crippen LogP contribution in [0.25, 0.3) is 0 Å². The molecule has 114 valence electrons. The quantitative estimate of drug-likeness (QED) is 0.691. The van der Waals surface area contributed by atoms with Gasteiger partial charge in [0, 0.05) is 12.3 Å². The van der Waals surface area contributed by atoms with Crippen LogP contribution in [0, 0.1) is 19.8 Å². The van der Waals surface area contributed by atoms with E-state index < -0.39 is 0 Å². The van der Waals surface area contributed by atoms with Crippen molar-refractivity contribution in [2.45, 2.75) is 41.2 Å². The first-order chi connectivity index (χ1) is 9.54. The van der Waals surface area contributed by atoms with Gasteiger partial charge in [-0.2, -0.15) is 11.8 Å². The van der Waals surface area contributed by atoms with Crippen LogP contribution in [0.5, 0.6) is 5.75 Å². The van der Waals surface area contributed by atoms with Gasteiger partial charge in [0.15, 0.2) is 0 Å². The molecule has 0 fully saturated rings. The molecule has 1 aromatic carbocycles. The Kier molecular flexibility index (Phi) is 8.08. The minimum atomic E-state index is 0.691. The Morgan fingerprint density at radius 1 is 1.20 bits per heavy atom. The van der Waals surface area contributed by atoms with Gasteiger partial charge in [-0.1, -0.05) is 32.9 Å². The van der Waals surface area contributed by atoms with E-state index in [1.165, 1.54) is 16.7 Å². The minimum absolute atomic E-state index is 0.691. The molecule has 1 aromatic rings. The molecule has 0 aromatic heterocycles. The van der Waals surface area contributed by atoms with Crippen molar-refractivity contribution in [2.75, 3.05) is 24.7 Å². The molecule has 3 heteroatoms. The number of thioether (sulfide) groups is 1. The van der Waals surface area contributed by atoms with E-state index in [1.54, 1.807) is 0 Å². The molecule has 2 nitrogen and oxygen atoms in total. The molecule has 0 amide bonds. The third kappa shape index (κ3) is 6.19. The van der Waals surface area contributed by atoms with Crippen LogP contribution < -0.4 is 10.1 Å². The van der Waals surface area contributed by atoms with Gasteiger partial charge in [-0.25, -0.2) is 0 Å². The maximum atomic E-state index is 5.93. The third-order valence-corrected chi connectivity index (χ3v) is 3.94. The number of nitrogens with one attached hydrogen (secondary N) is 1. The fourth-order valence-corrected chi connectivity index (χ4v) is 2.71. The van der Waals surface area contributed by atoms with Crippen molar-refractivity contribution in [1.29, 1.82) is 0 Å². The summed E-state index contributed by atoms with van der Waals surface area (Å²) in [4.78, 5) is 0. The van der Waals surface area contributed by atoms with Crippen molar-refractivity contribution in [1.82, 2.24) is 5.32 Å². The highest BCUT2D eigenvalue weighted by Crippen LogP contribution is 2.25. The summed E-state index contributed by atoms with van der Waals surface area (Å²) < 4.78 is 5.93. The standard InChI is InChI=1S/C17H29NOS/c1-6-20-8-7-19-17-14(4)9-16(10-15(17)5)12-18-11-13(2)3/h9-10,13,18H,6-8,11-12H2,1-5H3. The molecule has 0 saturated heterocycles. The van der Waals surface area contributed by atoms with Gasteiger partial charge < -0.3 is 10.1 Å². The molecule has 0 spiro atoms. The molecule has 0 unspecified atom stereocenters. The lowest BCUT2D eigenvalue weighted by atomic mass is 10.1. The Morgan fingerprint density at radius 2 is 1.85 bits per heavy atom. The molecule has 0 radical (unpaired) electrons. The zero-order valence-corrected chi connectivity index (χ0v) is 14.4. The van der Waals surface area contributed by atoms with Crippen LogP contribution >= 0.6 is 11.8 Å². The molecule has 0 aliphatic carbocycles. The molecule has 0 saturated carbocycles. The lowest BCUT2D eigenvalue weighted by Gasteiger charge is -2.15. The molecule has 0 atom stereocenters. The highest BCUT2D eigenvalue weighted by Gasteiger charge is 2.06. The number of benzene rings is 1. The Labute approximate surface area is 128 Å². The van der Waals surface area contributed by atoms with E-state index in [0.29, 0.717) is 5.92 Å². The zero-order chi connectivity index (χ0) is 15.0. The van der Waals surface area contributed by atoms with E-state index in [2.05, 4.69) is 52.1 Å². The molecular weight excluding hydrogens is 266 g/mol. The van der Waals surface area contributed by atoms with Gasteiger partial charge in [0.2, 0.25) is 0 Å². The van der Waals surface area contributed by atoms with E-state index in [4.69, 9.17) is 4.74 Å². The highest BCUT2D eigenvalue weighted by molar-refractivity contribution is 7.99. The van der Waals surface area contributed by atoms with Gasteiger partial charge in [-0.05, 0) is 48.8 Å². The van der Waals surface area contributed by atoms with Crippen LogP contribution in [-0.2, 0) is 6.54 Å². The Bertz CT molecular complexity index is 381.